The van der Waals surface area contributed by atoms with Crippen LogP contribution in [0.1, 0.15) is 45.6 Å². The fourth-order valence-corrected chi connectivity index (χ4v) is 8.38. The molecule has 0 bridgehead atoms. The van der Waals surface area contributed by atoms with Gasteiger partial charge in [-0.2, -0.15) is 0 Å². The summed E-state index contributed by atoms with van der Waals surface area (Å²) in [7, 11) is -6.65. The number of carbonyl (C=O) groups is 1. The molecule has 1 atom stereocenters. The molecule has 0 aliphatic carbocycles. The van der Waals surface area contributed by atoms with Gasteiger partial charge in [0.1, 0.15) is 0 Å². The number of methoxy groups -OCH3 is 1. The van der Waals surface area contributed by atoms with Crippen molar-refractivity contribution in [1.82, 2.24) is 0 Å². The summed E-state index contributed by atoms with van der Waals surface area (Å²) in [5, 5.41) is -1.29. The Morgan fingerprint density at radius 2 is 1.24 bits per heavy atom. The minimum atomic E-state index is -3.96. The van der Waals surface area contributed by atoms with E-state index in [9.17, 15) is 13.9 Å². The van der Waals surface area contributed by atoms with Crippen molar-refractivity contribution < 1.29 is 36.8 Å². The molecule has 1 rings (SSSR count). The summed E-state index contributed by atoms with van der Waals surface area (Å²) in [5.41, 5.74) is 0.628. The van der Waals surface area contributed by atoms with Crippen molar-refractivity contribution in [3.63, 3.8) is 0 Å². The second-order valence-corrected chi connectivity index (χ2v) is 10.8. The van der Waals surface area contributed by atoms with Crippen LogP contribution in [0.5, 0.6) is 0 Å². The Hall–Kier alpha value is -1.01. The normalized spacial score (nSPS) is 13.4. The molecule has 1 aromatic carbocycles. The van der Waals surface area contributed by atoms with Crippen LogP contribution in [0.15, 0.2) is 30.3 Å². The maximum atomic E-state index is 13.7. The number of rotatable bonds is 14. The third kappa shape index (κ3) is 7.02. The number of ether oxygens (including phenoxy) is 1. The largest absolute Gasteiger partial charge is 0.469 e. The molecular formula is C19H32O8P2. The van der Waals surface area contributed by atoms with Crippen molar-refractivity contribution in [2.75, 3.05) is 33.5 Å². The molecule has 29 heavy (non-hydrogen) atoms. The van der Waals surface area contributed by atoms with Gasteiger partial charge in [-0.1, -0.05) is 30.3 Å². The van der Waals surface area contributed by atoms with Crippen LogP contribution in [0.25, 0.3) is 0 Å². The van der Waals surface area contributed by atoms with Gasteiger partial charge in [0.05, 0.1) is 39.5 Å². The lowest BCUT2D eigenvalue weighted by Crippen LogP contribution is -2.24. The highest BCUT2D eigenvalue weighted by molar-refractivity contribution is 7.72. The lowest BCUT2D eigenvalue weighted by Gasteiger charge is -2.33. The summed E-state index contributed by atoms with van der Waals surface area (Å²) in [6.45, 7) is 6.91. The third-order valence-electron chi connectivity index (χ3n) is 4.10. The number of hydrogen-bond acceptors (Lipinski definition) is 8. The molecule has 0 aliphatic heterocycles. The van der Waals surface area contributed by atoms with Crippen LogP contribution in [0.3, 0.4) is 0 Å². The molecule has 0 amide bonds. The molecule has 0 heterocycles. The molecule has 0 fully saturated rings. The predicted molar refractivity (Wildman–Crippen MR) is 111 cm³/mol. The van der Waals surface area contributed by atoms with E-state index in [-0.39, 0.29) is 32.8 Å². The summed E-state index contributed by atoms with van der Waals surface area (Å²) in [6.07, 6.45) is -0.148. The van der Waals surface area contributed by atoms with E-state index in [1.165, 1.54) is 7.11 Å². The average Bonchev–Trinajstić information content (AvgIpc) is 2.69. The maximum Gasteiger partial charge on any atom is 0.345 e. The zero-order valence-electron chi connectivity index (χ0n) is 17.7. The molecule has 0 saturated carbocycles. The summed E-state index contributed by atoms with van der Waals surface area (Å²) in [4.78, 5) is 12.6. The van der Waals surface area contributed by atoms with E-state index in [1.54, 1.807) is 52.0 Å². The van der Waals surface area contributed by atoms with E-state index in [4.69, 9.17) is 22.8 Å². The Balaban J connectivity index is 3.53. The van der Waals surface area contributed by atoms with Crippen molar-refractivity contribution in [2.45, 2.75) is 45.4 Å². The molecule has 0 aliphatic rings. The molecular weight excluding hydrogens is 418 g/mol. The monoisotopic (exact) mass is 450 g/mol. The van der Waals surface area contributed by atoms with Gasteiger partial charge in [-0.25, -0.2) is 0 Å². The fourth-order valence-electron chi connectivity index (χ4n) is 2.98. The molecule has 1 unspecified atom stereocenters. The Morgan fingerprint density at radius 3 is 1.59 bits per heavy atom. The van der Waals surface area contributed by atoms with Crippen LogP contribution in [-0.2, 0) is 36.8 Å². The highest BCUT2D eigenvalue weighted by Crippen LogP contribution is 2.72. The van der Waals surface area contributed by atoms with E-state index in [0.717, 1.165) is 0 Å². The SMILES string of the molecule is CCOP(=O)(OCC)C(CC(C(=O)OC)c1ccccc1)P(=O)(OCC)OCC. The molecule has 8 nitrogen and oxygen atoms in total. The summed E-state index contributed by atoms with van der Waals surface area (Å²) in [6, 6.07) is 8.85. The molecule has 10 heteroatoms. The first-order valence-electron chi connectivity index (χ1n) is 9.72. The van der Waals surface area contributed by atoms with E-state index in [2.05, 4.69) is 0 Å². The zero-order chi connectivity index (χ0) is 21.9. The van der Waals surface area contributed by atoms with Crippen molar-refractivity contribution in [3.05, 3.63) is 35.9 Å². The van der Waals surface area contributed by atoms with Gasteiger partial charge in [0, 0.05) is 0 Å². The van der Waals surface area contributed by atoms with Crippen molar-refractivity contribution in [3.8, 4) is 0 Å². The van der Waals surface area contributed by atoms with Gasteiger partial charge in [0.2, 0.25) is 0 Å². The van der Waals surface area contributed by atoms with E-state index < -0.39 is 32.5 Å². The van der Waals surface area contributed by atoms with Crippen LogP contribution in [-0.4, -0.2) is 44.9 Å². The van der Waals surface area contributed by atoms with Crippen molar-refractivity contribution >= 4 is 21.2 Å². The van der Waals surface area contributed by atoms with Crippen molar-refractivity contribution in [2.24, 2.45) is 0 Å². The van der Waals surface area contributed by atoms with Gasteiger partial charge in [-0.3, -0.25) is 13.9 Å². The first kappa shape index (κ1) is 26.0. The highest BCUT2D eigenvalue weighted by atomic mass is 31.2. The maximum absolute atomic E-state index is 13.7. The molecule has 0 N–H and O–H groups in total. The topological polar surface area (TPSA) is 97.4 Å². The minimum absolute atomic E-state index is 0.0697. The van der Waals surface area contributed by atoms with Gasteiger partial charge in [-0.15, -0.1) is 0 Å². The standard InChI is InChI=1S/C19H32O8P2/c1-6-24-28(21,25-7-2)18(29(22,26-8-3)27-9-4)15-17(19(20)23-5)16-13-11-10-12-14-16/h10-14,17-18H,6-9,15H2,1-5H3. The van der Waals surface area contributed by atoms with Gasteiger partial charge in [0.25, 0.3) is 0 Å². The Kier molecular flexibility index (Phi) is 11.3. The second kappa shape index (κ2) is 12.6. The Morgan fingerprint density at radius 1 is 0.828 bits per heavy atom. The van der Waals surface area contributed by atoms with Gasteiger partial charge in [-0.05, 0) is 39.7 Å². The molecule has 166 valence electrons. The van der Waals surface area contributed by atoms with E-state index in [0.29, 0.717) is 5.56 Å². The first-order chi connectivity index (χ1) is 13.8. The number of carbonyl (C=O) groups excluding carboxylic acids is 1. The van der Waals surface area contributed by atoms with Gasteiger partial charge >= 0.3 is 21.2 Å². The second-order valence-electron chi connectivity index (χ2n) is 5.95. The summed E-state index contributed by atoms with van der Waals surface area (Å²) < 4.78 is 54.1. The average molecular weight is 450 g/mol. The van der Waals surface area contributed by atoms with Crippen LogP contribution in [0, 0.1) is 0 Å². The number of benzene rings is 1. The van der Waals surface area contributed by atoms with Crippen LogP contribution >= 0.6 is 15.2 Å². The van der Waals surface area contributed by atoms with Crippen LogP contribution < -0.4 is 0 Å². The molecule has 1 aromatic rings. The molecule has 0 saturated heterocycles. The lowest BCUT2D eigenvalue weighted by atomic mass is 9.97. The summed E-state index contributed by atoms with van der Waals surface area (Å²) >= 11 is 0. The molecule has 0 spiro atoms. The van der Waals surface area contributed by atoms with Crippen LogP contribution in [0.2, 0.25) is 0 Å². The van der Waals surface area contributed by atoms with Gasteiger partial charge < -0.3 is 22.8 Å². The lowest BCUT2D eigenvalue weighted by molar-refractivity contribution is -0.142. The van der Waals surface area contributed by atoms with Gasteiger partial charge in [0.15, 0.2) is 5.40 Å². The third-order valence-corrected chi connectivity index (χ3v) is 10.2. The number of hydrogen-bond donors (Lipinski definition) is 0. The first-order valence-corrected chi connectivity index (χ1v) is 12.9. The minimum Gasteiger partial charge on any atom is -0.469 e. The number of esters is 1. The summed E-state index contributed by atoms with van der Waals surface area (Å²) in [5.74, 6) is -1.41. The highest BCUT2D eigenvalue weighted by Gasteiger charge is 2.52. The Bertz CT molecular complexity index is 659. The van der Waals surface area contributed by atoms with E-state index >= 15 is 0 Å². The predicted octanol–water partition coefficient (Wildman–Crippen LogP) is 5.19. The molecule has 0 aromatic heterocycles. The fraction of sp³-hybridized carbons (Fsp3) is 0.632. The molecule has 0 radical (unpaired) electrons. The zero-order valence-corrected chi connectivity index (χ0v) is 19.5. The smallest absolute Gasteiger partial charge is 0.345 e. The quantitative estimate of drug-likeness (QED) is 0.282. The Labute approximate surface area is 173 Å². The van der Waals surface area contributed by atoms with Crippen LogP contribution in [0.4, 0.5) is 0 Å². The van der Waals surface area contributed by atoms with E-state index in [1.807, 2.05) is 6.07 Å². The van der Waals surface area contributed by atoms with Crippen molar-refractivity contribution in [1.29, 1.82) is 0 Å².